The van der Waals surface area contributed by atoms with E-state index in [2.05, 4.69) is 14.9 Å². The van der Waals surface area contributed by atoms with Crippen LogP contribution < -0.4 is 5.73 Å². The van der Waals surface area contributed by atoms with Gasteiger partial charge in [0.1, 0.15) is 24.1 Å². The number of hydrogen-bond acceptors (Lipinski definition) is 8. The van der Waals surface area contributed by atoms with Crippen molar-refractivity contribution >= 4 is 17.3 Å². The number of aliphatic hydroxyl groups excluding tert-OH is 2. The van der Waals surface area contributed by atoms with E-state index in [0.29, 0.717) is 11.2 Å². The number of aromatic nitrogens is 3. The van der Waals surface area contributed by atoms with Crippen molar-refractivity contribution in [2.24, 2.45) is 0 Å². The van der Waals surface area contributed by atoms with E-state index in [-0.39, 0.29) is 12.2 Å². The fraction of sp³-hybridized carbons (Fsp3) is 0.300. The van der Waals surface area contributed by atoms with Gasteiger partial charge in [-0.25, -0.2) is 16.1 Å². The second kappa shape index (κ2) is 7.72. The Kier molecular flexibility index (Phi) is 5.09. The molecule has 1 aromatic carbocycles. The minimum atomic E-state index is -1.95. The summed E-state index contributed by atoms with van der Waals surface area (Å²) < 4.78 is 12.4. The molecule has 1 fully saturated rings. The summed E-state index contributed by atoms with van der Waals surface area (Å²) in [6.07, 6.45) is -2.87. The first-order chi connectivity index (χ1) is 14.4. The van der Waals surface area contributed by atoms with Crippen LogP contribution in [-0.4, -0.2) is 55.3 Å². The molecule has 4 rings (SSSR count). The Morgan fingerprint density at radius 1 is 1.30 bits per heavy atom. The molecule has 0 unspecified atom stereocenters. The minimum absolute atomic E-state index is 0.0105. The molecular formula is C20H19N5O5. The van der Waals surface area contributed by atoms with E-state index in [1.165, 1.54) is 10.8 Å². The topological polar surface area (TPSA) is 137 Å². The van der Waals surface area contributed by atoms with Crippen molar-refractivity contribution in [3.63, 3.8) is 0 Å². The molecule has 0 spiro atoms. The van der Waals surface area contributed by atoms with Crippen LogP contribution in [0.25, 0.3) is 10.4 Å². The van der Waals surface area contributed by atoms with Crippen LogP contribution in [0.1, 0.15) is 17.4 Å². The van der Waals surface area contributed by atoms with Crippen molar-refractivity contribution in [2.75, 3.05) is 12.3 Å². The zero-order valence-electron chi connectivity index (χ0n) is 15.8. The first kappa shape index (κ1) is 19.8. The Morgan fingerprint density at radius 2 is 2.07 bits per heavy atom. The number of anilines is 1. The highest BCUT2D eigenvalue weighted by molar-refractivity contribution is 5.72. The van der Waals surface area contributed by atoms with Crippen LogP contribution in [0.5, 0.6) is 0 Å². The third-order valence-corrected chi connectivity index (χ3v) is 5.05. The van der Waals surface area contributed by atoms with Crippen LogP contribution in [0.2, 0.25) is 0 Å². The monoisotopic (exact) mass is 409 g/mol. The van der Waals surface area contributed by atoms with Gasteiger partial charge in [-0.2, -0.15) is 5.10 Å². The minimum Gasteiger partial charge on any atom is -0.454 e. The van der Waals surface area contributed by atoms with Gasteiger partial charge in [0.25, 0.3) is 0 Å². The van der Waals surface area contributed by atoms with Gasteiger partial charge in [-0.05, 0) is 17.7 Å². The van der Waals surface area contributed by atoms with Gasteiger partial charge in [0.2, 0.25) is 0 Å². The van der Waals surface area contributed by atoms with Crippen molar-refractivity contribution < 1.29 is 24.5 Å². The molecule has 4 N–H and O–H groups in total. The summed E-state index contributed by atoms with van der Waals surface area (Å²) in [6.45, 7) is 7.00. The zero-order chi connectivity index (χ0) is 21.3. The fourth-order valence-electron chi connectivity index (χ4n) is 3.46. The molecular weight excluding hydrogens is 390 g/mol. The van der Waals surface area contributed by atoms with Gasteiger partial charge < -0.3 is 20.7 Å². The average Bonchev–Trinajstić information content (AvgIpc) is 3.29. The van der Waals surface area contributed by atoms with E-state index in [1.807, 2.05) is 6.07 Å². The fourth-order valence-corrected chi connectivity index (χ4v) is 3.46. The van der Waals surface area contributed by atoms with Gasteiger partial charge in [0.15, 0.2) is 18.5 Å². The normalized spacial score (nSPS) is 25.8. The van der Waals surface area contributed by atoms with Crippen LogP contribution in [0.15, 0.2) is 48.8 Å². The highest BCUT2D eigenvalue weighted by Crippen LogP contribution is 2.41. The number of nitrogens with zero attached hydrogens (tertiary/aromatic N) is 4. The van der Waals surface area contributed by atoms with E-state index >= 15 is 0 Å². The van der Waals surface area contributed by atoms with Crippen molar-refractivity contribution in [3.05, 3.63) is 71.5 Å². The molecule has 3 heterocycles. The number of aliphatic hydroxyl groups is 2. The number of hydrogen-bond donors (Lipinski definition) is 3. The molecule has 0 aliphatic carbocycles. The Morgan fingerprint density at radius 3 is 2.80 bits per heavy atom. The highest BCUT2D eigenvalue weighted by atomic mass is 16.6. The number of ether oxygens (including phenoxy) is 2. The van der Waals surface area contributed by atoms with Gasteiger partial charge in [-0.15, -0.1) is 0 Å². The molecule has 1 aliphatic rings. The molecule has 2 aromatic heterocycles. The van der Waals surface area contributed by atoms with E-state index in [4.69, 9.17) is 21.8 Å². The van der Waals surface area contributed by atoms with E-state index in [1.54, 1.807) is 36.4 Å². The first-order valence-electron chi connectivity index (χ1n) is 9.15. The maximum absolute atomic E-state index is 12.2. The van der Waals surface area contributed by atoms with Gasteiger partial charge in [-0.3, -0.25) is 14.4 Å². The summed E-state index contributed by atoms with van der Waals surface area (Å²) in [6, 6.07) is 12.2. The van der Waals surface area contributed by atoms with Gasteiger partial charge in [0, 0.05) is 0 Å². The lowest BCUT2D eigenvalue weighted by molar-refractivity contribution is -0.155. The number of esters is 1. The Balaban J connectivity index is 1.53. The first-order valence-corrected chi connectivity index (χ1v) is 9.15. The Bertz CT molecular complexity index is 1110. The van der Waals surface area contributed by atoms with Crippen molar-refractivity contribution in [1.29, 1.82) is 0 Å². The van der Waals surface area contributed by atoms with Crippen LogP contribution in [-0.2, 0) is 20.7 Å². The Hall–Kier alpha value is -3.52. The maximum atomic E-state index is 12.2. The van der Waals surface area contributed by atoms with Gasteiger partial charge in [-0.1, -0.05) is 30.3 Å². The Labute approximate surface area is 171 Å². The van der Waals surface area contributed by atoms with Crippen molar-refractivity contribution in [1.82, 2.24) is 14.6 Å². The molecule has 1 aliphatic heterocycles. The number of carbonyl (C=O) groups is 1. The second-order valence-corrected chi connectivity index (χ2v) is 6.95. The quantitative estimate of drug-likeness (QED) is 0.409. The molecule has 154 valence electrons. The molecule has 0 amide bonds. The number of benzene rings is 1. The van der Waals surface area contributed by atoms with Crippen molar-refractivity contribution in [2.45, 2.75) is 30.5 Å². The molecule has 30 heavy (non-hydrogen) atoms. The van der Waals surface area contributed by atoms with Crippen LogP contribution in [0.4, 0.5) is 5.82 Å². The summed E-state index contributed by atoms with van der Waals surface area (Å²) in [5.74, 6) is -0.345. The molecule has 1 saturated heterocycles. The smallest absolute Gasteiger partial charge is 0.400 e. The lowest BCUT2D eigenvalue weighted by atomic mass is 10.0. The number of rotatable bonds is 5. The third-order valence-electron chi connectivity index (χ3n) is 5.05. The largest absolute Gasteiger partial charge is 0.454 e. The predicted molar refractivity (Wildman–Crippen MR) is 104 cm³/mol. The highest BCUT2D eigenvalue weighted by Gasteiger charge is 2.62. The molecule has 0 bridgehead atoms. The number of fused-ring (bicyclic) bond motifs is 1. The number of nitrogen functional groups attached to an aromatic ring is 1. The van der Waals surface area contributed by atoms with Crippen LogP contribution in [0.3, 0.4) is 0 Å². The zero-order valence-corrected chi connectivity index (χ0v) is 15.8. The van der Waals surface area contributed by atoms with E-state index in [9.17, 15) is 15.0 Å². The molecule has 10 nitrogen and oxygen atoms in total. The predicted octanol–water partition coefficient (Wildman–Crippen LogP) is 0.506. The lowest BCUT2D eigenvalue weighted by Gasteiger charge is -2.19. The molecule has 3 aromatic rings. The molecule has 0 radical (unpaired) electrons. The number of nitrogens with two attached hydrogens (primary N) is 1. The van der Waals surface area contributed by atoms with E-state index in [0.717, 1.165) is 5.56 Å². The molecule has 10 heteroatoms. The van der Waals surface area contributed by atoms with Crippen molar-refractivity contribution in [3.8, 4) is 0 Å². The average molecular weight is 409 g/mol. The molecule has 0 saturated carbocycles. The molecule has 4 atom stereocenters. The summed E-state index contributed by atoms with van der Waals surface area (Å²) in [5.41, 5.74) is 5.50. The lowest BCUT2D eigenvalue weighted by Crippen LogP contribution is -2.44. The summed E-state index contributed by atoms with van der Waals surface area (Å²) >= 11 is 0. The van der Waals surface area contributed by atoms with Crippen LogP contribution in [0, 0.1) is 6.57 Å². The standard InChI is InChI=1S/C20H19N5O5/c1-22-20(10-29-15(26)9-12-5-3-2-4-6-12)18(28)16(27)17(30-20)13-7-8-14-19(21)23-11-24-25(13)14/h2-8,11,16-18,27-28H,9-10H2,(H2,21,23,24)/t16-,17-,18-,20+/m0/s1. The number of carbonyl (C=O) groups excluding carboxylic acids is 1. The van der Waals surface area contributed by atoms with E-state index < -0.39 is 36.6 Å². The SMILES string of the molecule is [C-]#[N+][C@]1(COC(=O)Cc2ccccc2)O[C@@H](c2ccc3c(N)ncnn23)[C@H](O)[C@@H]1O. The summed E-state index contributed by atoms with van der Waals surface area (Å²) in [7, 11) is 0. The third kappa shape index (κ3) is 3.35. The summed E-state index contributed by atoms with van der Waals surface area (Å²) in [4.78, 5) is 19.4. The second-order valence-electron chi connectivity index (χ2n) is 6.95. The van der Waals surface area contributed by atoms with Crippen LogP contribution >= 0.6 is 0 Å². The van der Waals surface area contributed by atoms with Gasteiger partial charge in [0.05, 0.1) is 12.1 Å². The summed E-state index contributed by atoms with van der Waals surface area (Å²) in [5, 5.41) is 25.2. The maximum Gasteiger partial charge on any atom is 0.400 e. The van der Waals surface area contributed by atoms with Gasteiger partial charge >= 0.3 is 11.7 Å².